The average Bonchev–Trinajstić information content (AvgIpc) is 3.20. The quantitative estimate of drug-likeness (QED) is 0.517. The van der Waals surface area contributed by atoms with Crippen molar-refractivity contribution in [1.82, 2.24) is 19.9 Å². The second-order valence-corrected chi connectivity index (χ2v) is 6.66. The number of thiazole rings is 1. The summed E-state index contributed by atoms with van der Waals surface area (Å²) in [4.78, 5) is 16.5. The van der Waals surface area contributed by atoms with Gasteiger partial charge in [0.05, 0.1) is 11.4 Å². The molecule has 2 aromatic heterocycles. The Kier molecular flexibility index (Phi) is 5.11. The number of amides is 1. The van der Waals surface area contributed by atoms with Gasteiger partial charge in [-0.1, -0.05) is 49.0 Å². The molecule has 2 heterocycles. The van der Waals surface area contributed by atoms with Crippen molar-refractivity contribution in [1.29, 1.82) is 0 Å². The molecule has 0 aliphatic carbocycles. The van der Waals surface area contributed by atoms with Gasteiger partial charge >= 0.3 is 0 Å². The fourth-order valence-electron chi connectivity index (χ4n) is 2.00. The van der Waals surface area contributed by atoms with Gasteiger partial charge < -0.3 is 11.2 Å². The largest absolute Gasteiger partial charge is 0.336 e. The molecule has 7 nitrogen and oxygen atoms in total. The van der Waals surface area contributed by atoms with Gasteiger partial charge in [-0.05, 0) is 0 Å². The summed E-state index contributed by atoms with van der Waals surface area (Å²) in [5.41, 5.74) is 1.87. The fraction of sp³-hybridized carbons (Fsp3) is 0.200. The van der Waals surface area contributed by atoms with Gasteiger partial charge in [-0.2, -0.15) is 0 Å². The number of carbonyl (C=O) groups excluding carboxylic acids is 1. The van der Waals surface area contributed by atoms with Crippen molar-refractivity contribution < 1.29 is 4.79 Å². The van der Waals surface area contributed by atoms with E-state index in [9.17, 15) is 4.79 Å². The van der Waals surface area contributed by atoms with Gasteiger partial charge in [0.2, 0.25) is 11.1 Å². The molecule has 0 aliphatic rings. The summed E-state index contributed by atoms with van der Waals surface area (Å²) >= 11 is 2.64. The summed E-state index contributed by atoms with van der Waals surface area (Å²) in [6, 6.07) is 9.83. The Labute approximate surface area is 147 Å². The van der Waals surface area contributed by atoms with Crippen LogP contribution >= 0.6 is 23.1 Å². The molecule has 3 N–H and O–H groups in total. The van der Waals surface area contributed by atoms with Crippen LogP contribution in [0.4, 0.5) is 5.13 Å². The smallest absolute Gasteiger partial charge is 0.236 e. The molecule has 0 atom stereocenters. The molecular weight excluding hydrogens is 344 g/mol. The molecule has 0 fully saturated rings. The second-order valence-electron chi connectivity index (χ2n) is 4.86. The van der Waals surface area contributed by atoms with E-state index < -0.39 is 0 Å². The van der Waals surface area contributed by atoms with Crippen molar-refractivity contribution in [3.8, 4) is 11.3 Å². The van der Waals surface area contributed by atoms with Crippen molar-refractivity contribution in [2.75, 3.05) is 16.9 Å². The van der Waals surface area contributed by atoms with Crippen LogP contribution in [0.25, 0.3) is 11.3 Å². The van der Waals surface area contributed by atoms with Gasteiger partial charge in [-0.3, -0.25) is 4.79 Å². The molecule has 1 aromatic carbocycles. The summed E-state index contributed by atoms with van der Waals surface area (Å²) in [5.74, 6) is 6.57. The number of hydrogen-bond acceptors (Lipinski definition) is 7. The number of nitrogens with one attached hydrogen (secondary N) is 1. The van der Waals surface area contributed by atoms with E-state index in [2.05, 4.69) is 20.5 Å². The Bertz CT molecular complexity index is 830. The predicted molar refractivity (Wildman–Crippen MR) is 96.5 cm³/mol. The maximum Gasteiger partial charge on any atom is 0.236 e. The zero-order valence-electron chi connectivity index (χ0n) is 13.0. The van der Waals surface area contributed by atoms with Gasteiger partial charge in [0.25, 0.3) is 0 Å². The molecule has 0 saturated carbocycles. The van der Waals surface area contributed by atoms with Crippen LogP contribution in [0, 0.1) is 0 Å². The van der Waals surface area contributed by atoms with Crippen molar-refractivity contribution in [3.63, 3.8) is 0 Å². The van der Waals surface area contributed by atoms with Gasteiger partial charge in [0.1, 0.15) is 0 Å². The zero-order chi connectivity index (χ0) is 16.9. The van der Waals surface area contributed by atoms with Gasteiger partial charge in [0, 0.05) is 17.4 Å². The minimum absolute atomic E-state index is 0.157. The lowest BCUT2D eigenvalue weighted by molar-refractivity contribution is -0.113. The highest BCUT2D eigenvalue weighted by Gasteiger charge is 2.12. The van der Waals surface area contributed by atoms with Crippen molar-refractivity contribution >= 4 is 34.1 Å². The number of thioether (sulfide) groups is 1. The summed E-state index contributed by atoms with van der Waals surface area (Å²) in [6.07, 6.45) is 0.692. The number of nitrogens with two attached hydrogens (primary N) is 1. The first-order valence-electron chi connectivity index (χ1n) is 7.30. The van der Waals surface area contributed by atoms with E-state index in [1.807, 2.05) is 42.6 Å². The van der Waals surface area contributed by atoms with E-state index in [1.165, 1.54) is 27.8 Å². The van der Waals surface area contributed by atoms with Crippen LogP contribution < -0.4 is 11.2 Å². The number of hydrogen-bond donors (Lipinski definition) is 2. The molecular formula is C15H16N6OS2. The lowest BCUT2D eigenvalue weighted by Crippen LogP contribution is -2.17. The highest BCUT2D eigenvalue weighted by atomic mass is 32.2. The normalized spacial score (nSPS) is 10.7. The molecule has 1 amide bonds. The number of carbonyl (C=O) groups is 1. The first-order valence-corrected chi connectivity index (χ1v) is 9.17. The third-order valence-corrected chi connectivity index (χ3v) is 4.90. The molecule has 0 bridgehead atoms. The highest BCUT2D eigenvalue weighted by molar-refractivity contribution is 7.99. The van der Waals surface area contributed by atoms with Crippen LogP contribution in [0.3, 0.4) is 0 Å². The summed E-state index contributed by atoms with van der Waals surface area (Å²) in [7, 11) is 0. The van der Waals surface area contributed by atoms with E-state index in [4.69, 9.17) is 5.84 Å². The number of rotatable bonds is 6. The molecule has 0 radical (unpaired) electrons. The maximum absolute atomic E-state index is 12.1. The summed E-state index contributed by atoms with van der Waals surface area (Å²) in [6.45, 7) is 1.95. The van der Waals surface area contributed by atoms with E-state index in [0.717, 1.165) is 11.3 Å². The predicted octanol–water partition coefficient (Wildman–Crippen LogP) is 2.41. The number of anilines is 1. The Balaban J connectivity index is 1.57. The van der Waals surface area contributed by atoms with Gasteiger partial charge in [-0.25, -0.2) is 9.66 Å². The minimum atomic E-state index is -0.157. The second kappa shape index (κ2) is 7.45. The summed E-state index contributed by atoms with van der Waals surface area (Å²) in [5, 5.41) is 13.7. The third kappa shape index (κ3) is 3.74. The number of aryl methyl sites for hydroxylation is 1. The maximum atomic E-state index is 12.1. The first-order chi connectivity index (χ1) is 11.7. The van der Waals surface area contributed by atoms with Crippen molar-refractivity contribution in [2.24, 2.45) is 0 Å². The van der Waals surface area contributed by atoms with Crippen LogP contribution in [0.2, 0.25) is 0 Å². The van der Waals surface area contributed by atoms with E-state index >= 15 is 0 Å². The summed E-state index contributed by atoms with van der Waals surface area (Å²) < 4.78 is 1.41. The molecule has 0 aliphatic heterocycles. The molecule has 0 spiro atoms. The Morgan fingerprint density at radius 1 is 1.33 bits per heavy atom. The van der Waals surface area contributed by atoms with Crippen LogP contribution in [0.15, 0.2) is 40.9 Å². The van der Waals surface area contributed by atoms with Crippen LogP contribution in [0.5, 0.6) is 0 Å². The lowest BCUT2D eigenvalue weighted by atomic mass is 10.2. The average molecular weight is 360 g/mol. The zero-order valence-corrected chi connectivity index (χ0v) is 14.6. The van der Waals surface area contributed by atoms with Crippen LogP contribution in [0.1, 0.15) is 12.7 Å². The number of benzene rings is 1. The molecule has 3 aromatic rings. The molecule has 24 heavy (non-hydrogen) atoms. The number of aromatic nitrogens is 4. The Morgan fingerprint density at radius 3 is 2.83 bits per heavy atom. The molecule has 9 heteroatoms. The first kappa shape index (κ1) is 16.5. The standard InChI is InChI=1S/C15H16N6OS2/c1-2-12-19-20-15(21(12)16)24-9-13(22)18-14-17-11(8-23-14)10-6-4-3-5-7-10/h3-8H,2,9,16H2,1H3,(H,17,18,22). The lowest BCUT2D eigenvalue weighted by Gasteiger charge is -2.02. The Hall–Kier alpha value is -2.39. The third-order valence-electron chi connectivity index (χ3n) is 3.20. The fourth-order valence-corrected chi connectivity index (χ4v) is 3.42. The SMILES string of the molecule is CCc1nnc(SCC(=O)Nc2nc(-c3ccccc3)cs2)n1N. The molecule has 124 valence electrons. The van der Waals surface area contributed by atoms with Crippen LogP contribution in [-0.2, 0) is 11.2 Å². The van der Waals surface area contributed by atoms with E-state index in [1.54, 1.807) is 0 Å². The minimum Gasteiger partial charge on any atom is -0.336 e. The van der Waals surface area contributed by atoms with Crippen LogP contribution in [-0.4, -0.2) is 31.5 Å². The van der Waals surface area contributed by atoms with E-state index in [0.29, 0.717) is 22.5 Å². The Morgan fingerprint density at radius 2 is 2.12 bits per heavy atom. The molecule has 3 rings (SSSR count). The molecule has 0 saturated heterocycles. The van der Waals surface area contributed by atoms with E-state index in [-0.39, 0.29) is 11.7 Å². The highest BCUT2D eigenvalue weighted by Crippen LogP contribution is 2.25. The molecule has 0 unspecified atom stereocenters. The van der Waals surface area contributed by atoms with Crippen molar-refractivity contribution in [2.45, 2.75) is 18.5 Å². The monoisotopic (exact) mass is 360 g/mol. The topological polar surface area (TPSA) is 98.7 Å². The van der Waals surface area contributed by atoms with Gasteiger partial charge in [0.15, 0.2) is 11.0 Å². The number of nitrogen functional groups attached to an aromatic ring is 1. The van der Waals surface area contributed by atoms with Crippen molar-refractivity contribution in [3.05, 3.63) is 41.5 Å². The van der Waals surface area contributed by atoms with Gasteiger partial charge in [-0.15, -0.1) is 21.5 Å². The number of nitrogens with zero attached hydrogens (tertiary/aromatic N) is 4.